The van der Waals surface area contributed by atoms with Crippen LogP contribution in [0, 0.1) is 0 Å². The van der Waals surface area contributed by atoms with Crippen LogP contribution in [0.1, 0.15) is 57.5 Å². The number of ether oxygens (including phenoxy) is 1. The molecule has 1 aromatic heterocycles. The van der Waals surface area contributed by atoms with Crippen molar-refractivity contribution in [3.05, 3.63) is 69.9 Å². The van der Waals surface area contributed by atoms with Gasteiger partial charge in [0.1, 0.15) is 23.4 Å². The lowest BCUT2D eigenvalue weighted by Crippen LogP contribution is -2.57. The Balaban J connectivity index is 1.35. The zero-order chi connectivity index (χ0) is 27.0. The number of phenolic OH excluding ortho intramolecular Hbond substituents is 1. The van der Waals surface area contributed by atoms with Crippen LogP contribution in [0.5, 0.6) is 11.5 Å². The number of phenols is 1. The molecule has 4 rings (SSSR count). The van der Waals surface area contributed by atoms with Crippen molar-refractivity contribution >= 4 is 34.6 Å². The largest absolute Gasteiger partial charge is 0.507 e. The number of carbonyl (C=O) groups is 1. The number of aliphatic imine (C=N–C) groups is 1. The van der Waals surface area contributed by atoms with E-state index in [2.05, 4.69) is 51.9 Å². The summed E-state index contributed by atoms with van der Waals surface area (Å²) in [5, 5.41) is 15.9. The van der Waals surface area contributed by atoms with Crippen molar-refractivity contribution in [1.82, 2.24) is 4.90 Å². The minimum Gasteiger partial charge on any atom is -0.507 e. The van der Waals surface area contributed by atoms with Crippen LogP contribution in [0.4, 0.5) is 16.2 Å². The van der Waals surface area contributed by atoms with E-state index >= 15 is 0 Å². The van der Waals surface area contributed by atoms with E-state index in [1.54, 1.807) is 16.2 Å². The van der Waals surface area contributed by atoms with E-state index in [9.17, 15) is 9.90 Å². The summed E-state index contributed by atoms with van der Waals surface area (Å²) in [6.07, 6.45) is -0.0774. The number of hydrogen-bond donors (Lipinski definition) is 3. The average molecular weight is 521 g/mol. The first-order valence-corrected chi connectivity index (χ1v) is 13.3. The number of thiophene rings is 1. The third kappa shape index (κ3) is 6.25. The van der Waals surface area contributed by atoms with Crippen LogP contribution in [0.15, 0.2) is 58.9 Å². The van der Waals surface area contributed by atoms with Gasteiger partial charge in [-0.05, 0) is 58.7 Å². The van der Waals surface area contributed by atoms with Crippen molar-refractivity contribution < 1.29 is 14.6 Å². The fraction of sp³-hybridized carbons (Fsp3) is 0.379. The molecule has 2 amide bonds. The Morgan fingerprint density at radius 3 is 2.16 bits per heavy atom. The van der Waals surface area contributed by atoms with Crippen LogP contribution in [-0.2, 0) is 10.8 Å². The summed E-state index contributed by atoms with van der Waals surface area (Å²) in [5.41, 5.74) is 8.58. The molecular weight excluding hydrogens is 484 g/mol. The van der Waals surface area contributed by atoms with Crippen LogP contribution < -0.4 is 15.8 Å². The maximum atomic E-state index is 12.9. The molecule has 7 nitrogen and oxygen atoms in total. The number of amides is 2. The zero-order valence-electron chi connectivity index (χ0n) is 22.3. The lowest BCUT2D eigenvalue weighted by atomic mass is 9.79. The number of hydrogen-bond acceptors (Lipinski definition) is 5. The maximum absolute atomic E-state index is 12.9. The summed E-state index contributed by atoms with van der Waals surface area (Å²) in [4.78, 5) is 20.0. The van der Waals surface area contributed by atoms with Gasteiger partial charge in [0, 0.05) is 16.8 Å². The minimum absolute atomic E-state index is 0.0774. The Kier molecular flexibility index (Phi) is 7.24. The minimum atomic E-state index is -0.267. The highest BCUT2D eigenvalue weighted by atomic mass is 32.1. The summed E-state index contributed by atoms with van der Waals surface area (Å²) in [5.74, 6) is 1.50. The number of aromatic hydroxyl groups is 1. The third-order valence-electron chi connectivity index (χ3n) is 6.28. The summed E-state index contributed by atoms with van der Waals surface area (Å²) >= 11 is 1.55. The first-order valence-electron chi connectivity index (χ1n) is 12.4. The van der Waals surface area contributed by atoms with E-state index in [4.69, 9.17) is 10.5 Å². The van der Waals surface area contributed by atoms with Crippen molar-refractivity contribution in [3.8, 4) is 11.5 Å². The van der Waals surface area contributed by atoms with Gasteiger partial charge in [-0.1, -0.05) is 47.6 Å². The number of carbonyl (C=O) groups excluding carboxylic acids is 1. The number of rotatable bonds is 5. The Hall–Kier alpha value is -3.52. The summed E-state index contributed by atoms with van der Waals surface area (Å²) in [7, 11) is 0. The van der Waals surface area contributed by atoms with E-state index in [1.807, 2.05) is 53.9 Å². The van der Waals surface area contributed by atoms with Gasteiger partial charge in [0.05, 0.1) is 23.7 Å². The molecule has 0 radical (unpaired) electrons. The van der Waals surface area contributed by atoms with Crippen LogP contribution in [0.25, 0.3) is 0 Å². The van der Waals surface area contributed by atoms with Gasteiger partial charge in [0.2, 0.25) is 0 Å². The molecule has 2 aromatic carbocycles. The highest BCUT2D eigenvalue weighted by Gasteiger charge is 2.33. The molecule has 1 aliphatic heterocycles. The fourth-order valence-corrected chi connectivity index (χ4v) is 4.77. The highest BCUT2D eigenvalue weighted by Crippen LogP contribution is 2.41. The van der Waals surface area contributed by atoms with Crippen molar-refractivity contribution in [3.63, 3.8) is 0 Å². The summed E-state index contributed by atoms with van der Waals surface area (Å²) in [6, 6.07) is 14.9. The molecule has 2 heterocycles. The Labute approximate surface area is 223 Å². The van der Waals surface area contributed by atoms with Crippen molar-refractivity contribution in [2.24, 2.45) is 10.7 Å². The van der Waals surface area contributed by atoms with Crippen LogP contribution >= 0.6 is 11.3 Å². The van der Waals surface area contributed by atoms with E-state index in [0.717, 1.165) is 27.4 Å². The van der Waals surface area contributed by atoms with Gasteiger partial charge >= 0.3 is 6.03 Å². The topological polar surface area (TPSA) is 100 Å². The van der Waals surface area contributed by atoms with E-state index in [1.165, 1.54) is 0 Å². The number of nitrogens with one attached hydrogen (secondary N) is 1. The van der Waals surface area contributed by atoms with Crippen molar-refractivity contribution in [2.45, 2.75) is 58.5 Å². The lowest BCUT2D eigenvalue weighted by Gasteiger charge is -2.39. The Morgan fingerprint density at radius 2 is 1.65 bits per heavy atom. The second kappa shape index (κ2) is 10.1. The number of likely N-dealkylation sites (tertiary alicyclic amines) is 1. The Morgan fingerprint density at radius 1 is 1.05 bits per heavy atom. The van der Waals surface area contributed by atoms with Gasteiger partial charge in [0.15, 0.2) is 0 Å². The number of amidine groups is 1. The van der Waals surface area contributed by atoms with Crippen molar-refractivity contribution in [2.75, 3.05) is 18.4 Å². The number of urea groups is 1. The van der Waals surface area contributed by atoms with Crippen LogP contribution in [-0.4, -0.2) is 41.1 Å². The van der Waals surface area contributed by atoms with Gasteiger partial charge in [-0.15, -0.1) is 11.3 Å². The SMILES string of the molecule is CC(C)(C)c1cc(NC(=O)N2CC(Oc3ccc(N=C(N)c4cccs4)cc3)C2)cc(C(C)(C)C)c1O. The molecule has 1 fully saturated rings. The zero-order valence-corrected chi connectivity index (χ0v) is 23.1. The fourth-order valence-electron chi connectivity index (χ4n) is 4.14. The normalized spacial score (nSPS) is 14.9. The smallest absolute Gasteiger partial charge is 0.322 e. The second-order valence-electron chi connectivity index (χ2n) is 11.5. The third-order valence-corrected chi connectivity index (χ3v) is 7.17. The molecule has 8 heteroatoms. The monoisotopic (exact) mass is 520 g/mol. The molecule has 0 spiro atoms. The van der Waals surface area contributed by atoms with Gasteiger partial charge < -0.3 is 25.8 Å². The highest BCUT2D eigenvalue weighted by molar-refractivity contribution is 7.12. The molecule has 196 valence electrons. The van der Waals surface area contributed by atoms with Gasteiger partial charge in [-0.25, -0.2) is 9.79 Å². The predicted octanol–water partition coefficient (Wildman–Crippen LogP) is 6.38. The average Bonchev–Trinajstić information content (AvgIpc) is 3.31. The molecular formula is C29H36N4O3S. The molecule has 0 atom stereocenters. The van der Waals surface area contributed by atoms with Gasteiger partial charge in [-0.2, -0.15) is 0 Å². The van der Waals surface area contributed by atoms with E-state index < -0.39 is 0 Å². The molecule has 0 saturated carbocycles. The quantitative estimate of drug-likeness (QED) is 0.206. The number of nitrogens with two attached hydrogens (primary N) is 1. The molecule has 37 heavy (non-hydrogen) atoms. The summed E-state index contributed by atoms with van der Waals surface area (Å²) < 4.78 is 6.02. The first kappa shape index (κ1) is 26.5. The molecule has 0 unspecified atom stereocenters. The number of anilines is 1. The van der Waals surface area contributed by atoms with Crippen molar-refractivity contribution in [1.29, 1.82) is 0 Å². The lowest BCUT2D eigenvalue weighted by molar-refractivity contribution is 0.0493. The van der Waals surface area contributed by atoms with E-state index in [0.29, 0.717) is 30.4 Å². The second-order valence-corrected chi connectivity index (χ2v) is 12.4. The first-order chi connectivity index (χ1) is 17.3. The van der Waals surface area contributed by atoms with E-state index in [-0.39, 0.29) is 23.0 Å². The van der Waals surface area contributed by atoms with Crippen LogP contribution in [0.2, 0.25) is 0 Å². The molecule has 4 N–H and O–H groups in total. The summed E-state index contributed by atoms with van der Waals surface area (Å²) in [6.45, 7) is 13.3. The number of benzene rings is 2. The maximum Gasteiger partial charge on any atom is 0.322 e. The van der Waals surface area contributed by atoms with Crippen LogP contribution in [0.3, 0.4) is 0 Å². The number of nitrogens with zero attached hydrogens (tertiary/aromatic N) is 2. The molecule has 0 bridgehead atoms. The van der Waals surface area contributed by atoms with Gasteiger partial charge in [0.25, 0.3) is 0 Å². The molecule has 0 aliphatic carbocycles. The Bertz CT molecular complexity index is 1250. The molecule has 1 saturated heterocycles. The van der Waals surface area contributed by atoms with Gasteiger partial charge in [-0.3, -0.25) is 0 Å². The predicted molar refractivity (Wildman–Crippen MR) is 152 cm³/mol. The standard InChI is InChI=1S/C29H36N4O3S/c1-28(2,3)22-14-19(15-23(25(22)34)29(4,5)6)32-27(35)33-16-21(17-33)36-20-11-9-18(10-12-20)31-26(30)24-8-7-13-37-24/h7-15,21,34H,16-17H2,1-6H3,(H2,30,31)(H,32,35). The molecule has 1 aliphatic rings. The molecule has 3 aromatic rings.